The van der Waals surface area contributed by atoms with E-state index in [1.807, 2.05) is 25.1 Å². The van der Waals surface area contributed by atoms with Crippen molar-refractivity contribution < 1.29 is 9.32 Å². The molecule has 2 rings (SSSR count). The fourth-order valence-corrected chi connectivity index (χ4v) is 1.61. The average molecular weight is 274 g/mol. The van der Waals surface area contributed by atoms with E-state index in [0.717, 1.165) is 0 Å². The van der Waals surface area contributed by atoms with Crippen LogP contribution in [0.15, 0.2) is 28.8 Å². The Kier molecular flexibility index (Phi) is 3.85. The van der Waals surface area contributed by atoms with Gasteiger partial charge >= 0.3 is 0 Å². The van der Waals surface area contributed by atoms with E-state index in [1.54, 1.807) is 19.9 Å². The Labute approximate surface area is 117 Å². The molecule has 106 valence electrons. The molecule has 20 heavy (non-hydrogen) atoms. The highest BCUT2D eigenvalue weighted by Crippen LogP contribution is 2.27. The van der Waals surface area contributed by atoms with Gasteiger partial charge in [-0.15, -0.1) is 0 Å². The zero-order valence-corrected chi connectivity index (χ0v) is 11.8. The van der Waals surface area contributed by atoms with Crippen molar-refractivity contribution in [2.75, 3.05) is 5.32 Å². The maximum absolute atomic E-state index is 12.2. The number of aromatic nitrogens is 2. The number of nitrogens with one attached hydrogen (secondary N) is 1. The van der Waals surface area contributed by atoms with Crippen molar-refractivity contribution in [2.45, 2.75) is 32.7 Å². The van der Waals surface area contributed by atoms with Gasteiger partial charge in [-0.1, -0.05) is 24.2 Å². The molecule has 0 fully saturated rings. The first-order valence-electron chi connectivity index (χ1n) is 6.44. The molecule has 0 aliphatic carbocycles. The van der Waals surface area contributed by atoms with E-state index in [9.17, 15) is 4.79 Å². The third-order valence-corrected chi connectivity index (χ3v) is 3.19. The summed E-state index contributed by atoms with van der Waals surface area (Å²) >= 11 is 0. The molecule has 0 aliphatic heterocycles. The standard InChI is InChI=1S/C14H18N4O2/c1-4-14(3,15)13(19)17-11-8-6-5-7-10(11)12-16-9(2)18-20-12/h5-8H,4,15H2,1-3H3,(H,17,19). The molecule has 3 N–H and O–H groups in total. The van der Waals surface area contributed by atoms with Crippen LogP contribution >= 0.6 is 0 Å². The molecule has 2 aromatic rings. The lowest BCUT2D eigenvalue weighted by Crippen LogP contribution is -2.47. The van der Waals surface area contributed by atoms with Gasteiger partial charge in [-0.2, -0.15) is 4.98 Å². The third kappa shape index (κ3) is 2.85. The van der Waals surface area contributed by atoms with E-state index in [-0.39, 0.29) is 5.91 Å². The Hall–Kier alpha value is -2.21. The van der Waals surface area contributed by atoms with Gasteiger partial charge in [-0.25, -0.2) is 0 Å². The smallest absolute Gasteiger partial charge is 0.260 e. The van der Waals surface area contributed by atoms with Gasteiger partial charge in [0, 0.05) is 0 Å². The number of benzene rings is 1. The summed E-state index contributed by atoms with van der Waals surface area (Å²) in [4.78, 5) is 16.3. The number of nitrogens with zero attached hydrogens (tertiary/aromatic N) is 2. The Bertz CT molecular complexity index is 619. The van der Waals surface area contributed by atoms with Crippen LogP contribution in [0, 0.1) is 6.92 Å². The second kappa shape index (κ2) is 5.42. The summed E-state index contributed by atoms with van der Waals surface area (Å²) < 4.78 is 5.14. The number of rotatable bonds is 4. The summed E-state index contributed by atoms with van der Waals surface area (Å²) in [6.45, 7) is 5.30. The van der Waals surface area contributed by atoms with E-state index in [0.29, 0.717) is 29.4 Å². The van der Waals surface area contributed by atoms with Gasteiger partial charge in [0.2, 0.25) is 5.91 Å². The van der Waals surface area contributed by atoms with E-state index >= 15 is 0 Å². The lowest BCUT2D eigenvalue weighted by atomic mass is 9.99. The van der Waals surface area contributed by atoms with Crippen LogP contribution in [0.2, 0.25) is 0 Å². The maximum atomic E-state index is 12.2. The molecule has 1 atom stereocenters. The number of anilines is 1. The van der Waals surface area contributed by atoms with Crippen molar-refractivity contribution in [2.24, 2.45) is 5.73 Å². The maximum Gasteiger partial charge on any atom is 0.260 e. The largest absolute Gasteiger partial charge is 0.334 e. The molecule has 0 saturated carbocycles. The number of hydrogen-bond acceptors (Lipinski definition) is 5. The molecule has 6 nitrogen and oxygen atoms in total. The van der Waals surface area contributed by atoms with Gasteiger partial charge in [0.05, 0.1) is 16.8 Å². The summed E-state index contributed by atoms with van der Waals surface area (Å²) in [6, 6.07) is 7.25. The van der Waals surface area contributed by atoms with Gasteiger partial charge in [-0.05, 0) is 32.4 Å². The molecule has 1 aromatic heterocycles. The Morgan fingerprint density at radius 1 is 1.45 bits per heavy atom. The van der Waals surface area contributed by atoms with Crippen LogP contribution in [-0.2, 0) is 4.79 Å². The average Bonchev–Trinajstić information content (AvgIpc) is 2.85. The highest BCUT2D eigenvalue weighted by molar-refractivity contribution is 6.00. The van der Waals surface area contributed by atoms with Crippen molar-refractivity contribution in [1.29, 1.82) is 0 Å². The SMILES string of the molecule is CCC(C)(N)C(=O)Nc1ccccc1-c1nc(C)no1. The van der Waals surface area contributed by atoms with Crippen LogP contribution in [0.5, 0.6) is 0 Å². The number of hydrogen-bond donors (Lipinski definition) is 2. The van der Waals surface area contributed by atoms with E-state index in [2.05, 4.69) is 15.5 Å². The van der Waals surface area contributed by atoms with Crippen molar-refractivity contribution in [3.8, 4) is 11.5 Å². The van der Waals surface area contributed by atoms with Crippen LogP contribution in [0.4, 0.5) is 5.69 Å². The van der Waals surface area contributed by atoms with Crippen molar-refractivity contribution in [3.63, 3.8) is 0 Å². The number of nitrogens with two attached hydrogens (primary N) is 1. The van der Waals surface area contributed by atoms with Crippen LogP contribution in [0.3, 0.4) is 0 Å². The molecule has 0 radical (unpaired) electrons. The summed E-state index contributed by atoms with van der Waals surface area (Å²) in [5, 5.41) is 6.57. The van der Waals surface area contributed by atoms with Gasteiger partial charge < -0.3 is 15.6 Å². The lowest BCUT2D eigenvalue weighted by molar-refractivity contribution is -0.120. The number of para-hydroxylation sites is 1. The highest BCUT2D eigenvalue weighted by atomic mass is 16.5. The zero-order chi connectivity index (χ0) is 14.8. The first-order chi connectivity index (χ1) is 9.44. The molecule has 1 amide bonds. The molecular weight excluding hydrogens is 256 g/mol. The molecule has 0 bridgehead atoms. The summed E-state index contributed by atoms with van der Waals surface area (Å²) in [5.74, 6) is 0.663. The molecule has 6 heteroatoms. The number of carbonyl (C=O) groups excluding carboxylic acids is 1. The van der Waals surface area contributed by atoms with Crippen LogP contribution < -0.4 is 11.1 Å². The molecule has 1 aromatic carbocycles. The molecular formula is C14H18N4O2. The van der Waals surface area contributed by atoms with Crippen LogP contribution in [-0.4, -0.2) is 21.6 Å². The molecule has 0 spiro atoms. The summed E-state index contributed by atoms with van der Waals surface area (Å²) in [7, 11) is 0. The normalized spacial score (nSPS) is 13.8. The van der Waals surface area contributed by atoms with E-state index in [4.69, 9.17) is 10.3 Å². The van der Waals surface area contributed by atoms with Crippen LogP contribution in [0.25, 0.3) is 11.5 Å². The Morgan fingerprint density at radius 2 is 2.15 bits per heavy atom. The molecule has 1 heterocycles. The van der Waals surface area contributed by atoms with Crippen LogP contribution in [0.1, 0.15) is 26.1 Å². The highest BCUT2D eigenvalue weighted by Gasteiger charge is 2.27. The molecule has 1 unspecified atom stereocenters. The topological polar surface area (TPSA) is 94.0 Å². The lowest BCUT2D eigenvalue weighted by Gasteiger charge is -2.22. The predicted molar refractivity (Wildman–Crippen MR) is 76.0 cm³/mol. The first kappa shape index (κ1) is 14.2. The number of carbonyl (C=O) groups is 1. The molecule has 0 aliphatic rings. The molecule has 0 saturated heterocycles. The van der Waals surface area contributed by atoms with Gasteiger partial charge in [-0.3, -0.25) is 4.79 Å². The monoisotopic (exact) mass is 274 g/mol. The van der Waals surface area contributed by atoms with Gasteiger partial charge in [0.15, 0.2) is 5.82 Å². The fraction of sp³-hybridized carbons (Fsp3) is 0.357. The second-order valence-corrected chi connectivity index (χ2v) is 4.92. The first-order valence-corrected chi connectivity index (χ1v) is 6.44. The van der Waals surface area contributed by atoms with Gasteiger partial charge in [0.25, 0.3) is 5.89 Å². The zero-order valence-electron chi connectivity index (χ0n) is 11.8. The predicted octanol–water partition coefficient (Wildman–Crippen LogP) is 2.11. The third-order valence-electron chi connectivity index (χ3n) is 3.19. The van der Waals surface area contributed by atoms with Crippen molar-refractivity contribution in [1.82, 2.24) is 10.1 Å². The Morgan fingerprint density at radius 3 is 2.75 bits per heavy atom. The van der Waals surface area contributed by atoms with E-state index < -0.39 is 5.54 Å². The van der Waals surface area contributed by atoms with E-state index in [1.165, 1.54) is 0 Å². The second-order valence-electron chi connectivity index (χ2n) is 4.92. The fourth-order valence-electron chi connectivity index (χ4n) is 1.61. The van der Waals surface area contributed by atoms with Crippen molar-refractivity contribution >= 4 is 11.6 Å². The minimum Gasteiger partial charge on any atom is -0.334 e. The minimum absolute atomic E-state index is 0.247. The quantitative estimate of drug-likeness (QED) is 0.890. The number of amides is 1. The van der Waals surface area contributed by atoms with Crippen molar-refractivity contribution in [3.05, 3.63) is 30.1 Å². The minimum atomic E-state index is -0.919. The Balaban J connectivity index is 2.32. The number of aryl methyl sites for hydroxylation is 1. The van der Waals surface area contributed by atoms with Gasteiger partial charge in [0.1, 0.15) is 0 Å². The summed E-state index contributed by atoms with van der Waals surface area (Å²) in [6.07, 6.45) is 0.542. The summed E-state index contributed by atoms with van der Waals surface area (Å²) in [5.41, 5.74) is 6.30.